The lowest BCUT2D eigenvalue weighted by Crippen LogP contribution is -2.44. The van der Waals surface area contributed by atoms with Gasteiger partial charge in [0.25, 0.3) is 0 Å². The second-order valence-corrected chi connectivity index (χ2v) is 9.85. The molecule has 1 atom stereocenters. The van der Waals surface area contributed by atoms with E-state index in [1.54, 1.807) is 54.6 Å². The van der Waals surface area contributed by atoms with Crippen LogP contribution in [0.3, 0.4) is 0 Å². The number of hydrogen-bond acceptors (Lipinski definition) is 6. The summed E-state index contributed by atoms with van der Waals surface area (Å²) in [5.74, 6) is -1.50. The monoisotopic (exact) mass is 458 g/mol. The van der Waals surface area contributed by atoms with Crippen molar-refractivity contribution in [2.45, 2.75) is 19.1 Å². The van der Waals surface area contributed by atoms with Crippen LogP contribution in [-0.4, -0.2) is 47.0 Å². The molecule has 0 aliphatic rings. The van der Waals surface area contributed by atoms with E-state index in [1.165, 1.54) is 0 Å². The number of ether oxygens (including phenoxy) is 1. The molecule has 0 aliphatic carbocycles. The first kappa shape index (κ1) is 23.8. The van der Waals surface area contributed by atoms with Gasteiger partial charge in [0.15, 0.2) is 0 Å². The molecular formula is C19H23FN2O6S2. The lowest BCUT2D eigenvalue weighted by atomic mass is 10.1. The van der Waals surface area contributed by atoms with Gasteiger partial charge >= 0.3 is 16.3 Å². The van der Waals surface area contributed by atoms with Gasteiger partial charge in [0, 0.05) is 6.54 Å². The molecule has 11 heteroatoms. The molecule has 1 amide bonds. The molecule has 30 heavy (non-hydrogen) atoms. The SMILES string of the molecule is O=C(N[C@@H](Cc1ccccc1)CS(=O)(=O)NCCS(=O)(=O)F)OCc1ccccc1. The van der Waals surface area contributed by atoms with Gasteiger partial charge in [-0.2, -0.15) is 8.42 Å². The van der Waals surface area contributed by atoms with Gasteiger partial charge in [0.05, 0.1) is 17.5 Å². The van der Waals surface area contributed by atoms with Crippen molar-refractivity contribution in [1.29, 1.82) is 0 Å². The second-order valence-electron chi connectivity index (χ2n) is 6.51. The summed E-state index contributed by atoms with van der Waals surface area (Å²) in [6.45, 7) is -0.582. The minimum Gasteiger partial charge on any atom is -0.445 e. The molecule has 8 nitrogen and oxygen atoms in total. The summed E-state index contributed by atoms with van der Waals surface area (Å²) < 4.78 is 65.3. The summed E-state index contributed by atoms with van der Waals surface area (Å²) in [7, 11) is -8.78. The summed E-state index contributed by atoms with van der Waals surface area (Å²) in [4.78, 5) is 12.2. The third-order valence-corrected chi connectivity index (χ3v) is 6.13. The van der Waals surface area contributed by atoms with Crippen molar-refractivity contribution in [2.75, 3.05) is 18.1 Å². The van der Waals surface area contributed by atoms with Crippen LogP contribution in [0.4, 0.5) is 8.68 Å². The smallest absolute Gasteiger partial charge is 0.407 e. The highest BCUT2D eigenvalue weighted by atomic mass is 32.3. The van der Waals surface area contributed by atoms with Crippen LogP contribution in [0.5, 0.6) is 0 Å². The number of hydrogen-bond donors (Lipinski definition) is 2. The summed E-state index contributed by atoms with van der Waals surface area (Å²) in [5.41, 5.74) is 1.56. The number of nitrogens with one attached hydrogen (secondary N) is 2. The fourth-order valence-corrected chi connectivity index (χ4v) is 4.36. The Morgan fingerprint density at radius 3 is 2.07 bits per heavy atom. The molecule has 164 valence electrons. The Labute approximate surface area is 175 Å². The largest absolute Gasteiger partial charge is 0.445 e. The quantitative estimate of drug-likeness (QED) is 0.495. The number of rotatable bonds is 11. The predicted molar refractivity (Wildman–Crippen MR) is 110 cm³/mol. The van der Waals surface area contributed by atoms with E-state index in [4.69, 9.17) is 4.74 Å². The van der Waals surface area contributed by atoms with Gasteiger partial charge in [0.2, 0.25) is 10.0 Å². The molecule has 0 saturated heterocycles. The van der Waals surface area contributed by atoms with Crippen LogP contribution in [0.15, 0.2) is 60.7 Å². The van der Waals surface area contributed by atoms with Crippen LogP contribution >= 0.6 is 0 Å². The second kappa shape index (κ2) is 11.0. The van der Waals surface area contributed by atoms with E-state index in [0.29, 0.717) is 0 Å². The Morgan fingerprint density at radius 1 is 0.933 bits per heavy atom. The first-order valence-electron chi connectivity index (χ1n) is 9.04. The normalized spacial score (nSPS) is 12.8. The molecule has 0 fully saturated rings. The summed E-state index contributed by atoms with van der Waals surface area (Å²) in [5, 5.41) is 2.53. The van der Waals surface area contributed by atoms with Gasteiger partial charge in [-0.05, 0) is 17.5 Å². The highest BCUT2D eigenvalue weighted by molar-refractivity contribution is 7.89. The van der Waals surface area contributed by atoms with Gasteiger partial charge in [-0.3, -0.25) is 0 Å². The van der Waals surface area contributed by atoms with Crippen molar-refractivity contribution >= 4 is 26.3 Å². The van der Waals surface area contributed by atoms with Crippen LogP contribution in [0.25, 0.3) is 0 Å². The van der Waals surface area contributed by atoms with Crippen molar-refractivity contribution < 1.29 is 30.3 Å². The van der Waals surface area contributed by atoms with Crippen molar-refractivity contribution in [2.24, 2.45) is 0 Å². The highest BCUT2D eigenvalue weighted by Crippen LogP contribution is 2.07. The maximum atomic E-state index is 12.6. The fraction of sp³-hybridized carbons (Fsp3) is 0.316. The average Bonchev–Trinajstić information content (AvgIpc) is 2.66. The number of benzene rings is 2. The standard InChI is InChI=1S/C19H23FN2O6S2/c20-29(24,25)12-11-21-30(26,27)15-18(13-16-7-3-1-4-8-16)22-19(23)28-14-17-9-5-2-6-10-17/h1-10,18,21H,11-15H2,(H,22,23)/t18-/m0/s1. The Balaban J connectivity index is 1.99. The van der Waals surface area contributed by atoms with Crippen LogP contribution in [0.2, 0.25) is 0 Å². The van der Waals surface area contributed by atoms with E-state index in [-0.39, 0.29) is 13.0 Å². The zero-order chi connectivity index (χ0) is 22.0. The van der Waals surface area contributed by atoms with Gasteiger partial charge in [-0.1, -0.05) is 60.7 Å². The van der Waals surface area contributed by atoms with Crippen LogP contribution in [-0.2, 0) is 38.0 Å². The number of amides is 1. The van der Waals surface area contributed by atoms with Crippen LogP contribution < -0.4 is 10.0 Å². The summed E-state index contributed by atoms with van der Waals surface area (Å²) in [6.07, 6.45) is -0.592. The molecule has 2 rings (SSSR count). The Bertz CT molecular complexity index is 1020. The van der Waals surface area contributed by atoms with E-state index in [1.807, 2.05) is 10.8 Å². The molecule has 2 aromatic carbocycles. The minimum absolute atomic E-state index is 0.0179. The maximum absolute atomic E-state index is 12.6. The van der Waals surface area contributed by atoms with Crippen molar-refractivity contribution in [3.8, 4) is 0 Å². The number of sulfonamides is 1. The van der Waals surface area contributed by atoms with E-state index >= 15 is 0 Å². The molecule has 0 spiro atoms. The van der Waals surface area contributed by atoms with Gasteiger partial charge in [-0.25, -0.2) is 17.9 Å². The topological polar surface area (TPSA) is 119 Å². The first-order valence-corrected chi connectivity index (χ1v) is 12.2. The predicted octanol–water partition coefficient (Wildman–Crippen LogP) is 1.74. The Kier molecular flexibility index (Phi) is 8.75. The highest BCUT2D eigenvalue weighted by Gasteiger charge is 2.22. The maximum Gasteiger partial charge on any atom is 0.407 e. The number of alkyl carbamates (subject to hydrolysis) is 1. The number of carbonyl (C=O) groups is 1. The molecule has 0 unspecified atom stereocenters. The Hall–Kier alpha value is -2.50. The molecule has 0 aliphatic heterocycles. The third-order valence-electron chi connectivity index (χ3n) is 3.95. The summed E-state index contributed by atoms with van der Waals surface area (Å²) in [6, 6.07) is 17.0. The lowest BCUT2D eigenvalue weighted by molar-refractivity contribution is 0.136. The molecule has 0 heterocycles. The minimum atomic E-state index is -4.79. The van der Waals surface area contributed by atoms with Crippen molar-refractivity contribution in [1.82, 2.24) is 10.0 Å². The molecule has 2 N–H and O–H groups in total. The summed E-state index contributed by atoms with van der Waals surface area (Å²) >= 11 is 0. The van der Waals surface area contributed by atoms with E-state index in [0.717, 1.165) is 11.1 Å². The fourth-order valence-electron chi connectivity index (χ4n) is 2.62. The molecule has 0 aromatic heterocycles. The first-order chi connectivity index (χ1) is 14.1. The molecular weight excluding hydrogens is 435 g/mol. The molecule has 2 aromatic rings. The zero-order valence-electron chi connectivity index (χ0n) is 16.0. The average molecular weight is 459 g/mol. The van der Waals surface area contributed by atoms with Gasteiger partial charge in [-0.15, -0.1) is 3.89 Å². The molecule has 0 radical (unpaired) electrons. The van der Waals surface area contributed by atoms with Crippen LogP contribution in [0, 0.1) is 0 Å². The lowest BCUT2D eigenvalue weighted by Gasteiger charge is -2.19. The number of carbonyl (C=O) groups excluding carboxylic acids is 1. The van der Waals surface area contributed by atoms with E-state index in [2.05, 4.69) is 5.32 Å². The van der Waals surface area contributed by atoms with E-state index in [9.17, 15) is 25.5 Å². The van der Waals surface area contributed by atoms with Gasteiger partial charge < -0.3 is 10.1 Å². The van der Waals surface area contributed by atoms with Crippen molar-refractivity contribution in [3.63, 3.8) is 0 Å². The van der Waals surface area contributed by atoms with Gasteiger partial charge in [0.1, 0.15) is 6.61 Å². The third kappa shape index (κ3) is 9.81. The molecule has 0 saturated carbocycles. The van der Waals surface area contributed by atoms with Crippen molar-refractivity contribution in [3.05, 3.63) is 71.8 Å². The van der Waals surface area contributed by atoms with Crippen LogP contribution in [0.1, 0.15) is 11.1 Å². The Morgan fingerprint density at radius 2 is 1.50 bits per heavy atom. The van der Waals surface area contributed by atoms with E-state index < -0.39 is 50.4 Å². The molecule has 0 bridgehead atoms. The zero-order valence-corrected chi connectivity index (χ0v) is 17.7. The number of halogens is 1.